The lowest BCUT2D eigenvalue weighted by atomic mass is 9.82. The molecule has 0 aromatic rings. The smallest absolute Gasteiger partial charge is 0.309 e. The zero-order valence-electron chi connectivity index (χ0n) is 12.7. The topological polar surface area (TPSA) is 52.3 Å². The van der Waals surface area contributed by atoms with Crippen LogP contribution in [0.4, 0.5) is 0 Å². The highest BCUT2D eigenvalue weighted by Crippen LogP contribution is 2.29. The summed E-state index contributed by atoms with van der Waals surface area (Å²) in [5.41, 5.74) is 5.67. The van der Waals surface area contributed by atoms with E-state index in [2.05, 4.69) is 6.92 Å². The van der Waals surface area contributed by atoms with Gasteiger partial charge in [-0.15, -0.1) is 0 Å². The molecule has 19 heavy (non-hydrogen) atoms. The molecule has 1 saturated carbocycles. The van der Waals surface area contributed by atoms with Crippen LogP contribution in [0.5, 0.6) is 0 Å². The molecule has 0 amide bonds. The van der Waals surface area contributed by atoms with Crippen LogP contribution in [0.25, 0.3) is 0 Å². The van der Waals surface area contributed by atoms with Crippen molar-refractivity contribution in [1.82, 2.24) is 0 Å². The standard InChI is InChI=1S/C16H31NO2/c1-3-4-5-6-7-13(2)19-16(18)15-10-8-14(12-17)9-11-15/h13-15H,3-12,17H2,1-2H3. The van der Waals surface area contributed by atoms with Crippen molar-refractivity contribution >= 4 is 5.97 Å². The maximum atomic E-state index is 12.0. The Hall–Kier alpha value is -0.570. The highest BCUT2D eigenvalue weighted by molar-refractivity contribution is 5.72. The number of carbonyl (C=O) groups is 1. The molecule has 3 nitrogen and oxygen atoms in total. The van der Waals surface area contributed by atoms with Gasteiger partial charge in [0.25, 0.3) is 0 Å². The van der Waals surface area contributed by atoms with E-state index in [1.807, 2.05) is 6.92 Å². The summed E-state index contributed by atoms with van der Waals surface area (Å²) in [7, 11) is 0. The molecule has 1 atom stereocenters. The summed E-state index contributed by atoms with van der Waals surface area (Å²) < 4.78 is 5.57. The molecule has 0 aromatic heterocycles. The van der Waals surface area contributed by atoms with Gasteiger partial charge in [0, 0.05) is 0 Å². The van der Waals surface area contributed by atoms with Crippen LogP contribution < -0.4 is 5.73 Å². The van der Waals surface area contributed by atoms with Crippen LogP contribution in [0.2, 0.25) is 0 Å². The minimum Gasteiger partial charge on any atom is -0.462 e. The van der Waals surface area contributed by atoms with Crippen molar-refractivity contribution in [3.8, 4) is 0 Å². The summed E-state index contributed by atoms with van der Waals surface area (Å²) >= 11 is 0. The van der Waals surface area contributed by atoms with Crippen LogP contribution in [0.15, 0.2) is 0 Å². The summed E-state index contributed by atoms with van der Waals surface area (Å²) in [5.74, 6) is 0.773. The molecule has 1 rings (SSSR count). The number of esters is 1. The lowest BCUT2D eigenvalue weighted by Crippen LogP contribution is -2.28. The third-order valence-electron chi connectivity index (χ3n) is 4.29. The van der Waals surface area contributed by atoms with Gasteiger partial charge in [0.1, 0.15) is 0 Å². The fourth-order valence-corrected chi connectivity index (χ4v) is 2.85. The van der Waals surface area contributed by atoms with Gasteiger partial charge in [-0.25, -0.2) is 0 Å². The van der Waals surface area contributed by atoms with Crippen molar-refractivity contribution in [2.45, 2.75) is 77.7 Å². The first-order chi connectivity index (χ1) is 9.17. The summed E-state index contributed by atoms with van der Waals surface area (Å²) in [5, 5.41) is 0. The predicted octanol–water partition coefficient (Wildman–Crippen LogP) is 3.65. The van der Waals surface area contributed by atoms with E-state index >= 15 is 0 Å². The Balaban J connectivity index is 2.16. The van der Waals surface area contributed by atoms with Gasteiger partial charge in [-0.2, -0.15) is 0 Å². The molecule has 0 aliphatic heterocycles. The zero-order valence-corrected chi connectivity index (χ0v) is 12.7. The van der Waals surface area contributed by atoms with Crippen molar-refractivity contribution in [3.05, 3.63) is 0 Å². The fourth-order valence-electron chi connectivity index (χ4n) is 2.85. The van der Waals surface area contributed by atoms with Crippen LogP contribution in [-0.4, -0.2) is 18.6 Å². The molecule has 1 unspecified atom stereocenters. The second-order valence-corrected chi connectivity index (χ2v) is 6.05. The van der Waals surface area contributed by atoms with Gasteiger partial charge in [-0.05, 0) is 57.9 Å². The first kappa shape index (κ1) is 16.5. The zero-order chi connectivity index (χ0) is 14.1. The predicted molar refractivity (Wildman–Crippen MR) is 78.8 cm³/mol. The van der Waals surface area contributed by atoms with Gasteiger partial charge in [0.2, 0.25) is 0 Å². The first-order valence-electron chi connectivity index (χ1n) is 8.07. The lowest BCUT2D eigenvalue weighted by molar-refractivity contribution is -0.155. The van der Waals surface area contributed by atoms with Crippen molar-refractivity contribution in [3.63, 3.8) is 0 Å². The van der Waals surface area contributed by atoms with E-state index in [0.717, 1.165) is 38.6 Å². The normalized spacial score (nSPS) is 25.0. The van der Waals surface area contributed by atoms with E-state index in [-0.39, 0.29) is 18.0 Å². The molecule has 0 bridgehead atoms. The fraction of sp³-hybridized carbons (Fsp3) is 0.938. The van der Waals surface area contributed by atoms with Crippen molar-refractivity contribution in [2.24, 2.45) is 17.6 Å². The van der Waals surface area contributed by atoms with E-state index < -0.39 is 0 Å². The molecular formula is C16H31NO2. The second-order valence-electron chi connectivity index (χ2n) is 6.05. The molecule has 2 N–H and O–H groups in total. The van der Waals surface area contributed by atoms with Gasteiger partial charge in [0.05, 0.1) is 12.0 Å². The van der Waals surface area contributed by atoms with Crippen molar-refractivity contribution < 1.29 is 9.53 Å². The van der Waals surface area contributed by atoms with E-state index in [9.17, 15) is 4.79 Å². The van der Waals surface area contributed by atoms with E-state index in [0.29, 0.717) is 5.92 Å². The summed E-state index contributed by atoms with van der Waals surface area (Å²) in [6.07, 6.45) is 10.1. The number of nitrogens with two attached hydrogens (primary N) is 1. The van der Waals surface area contributed by atoms with Crippen LogP contribution >= 0.6 is 0 Å². The van der Waals surface area contributed by atoms with E-state index in [1.54, 1.807) is 0 Å². The van der Waals surface area contributed by atoms with Crippen LogP contribution in [0, 0.1) is 11.8 Å². The monoisotopic (exact) mass is 269 g/mol. The quantitative estimate of drug-likeness (QED) is 0.540. The molecule has 0 aromatic carbocycles. The second kappa shape index (κ2) is 9.35. The molecule has 1 aliphatic carbocycles. The number of hydrogen-bond acceptors (Lipinski definition) is 3. The number of hydrogen-bond donors (Lipinski definition) is 1. The Morgan fingerprint density at radius 3 is 2.47 bits per heavy atom. The third kappa shape index (κ3) is 6.42. The maximum absolute atomic E-state index is 12.0. The molecule has 0 saturated heterocycles. The molecule has 0 heterocycles. The Labute approximate surface area is 118 Å². The van der Waals surface area contributed by atoms with Crippen LogP contribution in [0.1, 0.15) is 71.6 Å². The van der Waals surface area contributed by atoms with Gasteiger partial charge in [-0.1, -0.05) is 26.2 Å². The van der Waals surface area contributed by atoms with E-state index in [1.165, 1.54) is 25.7 Å². The molecular weight excluding hydrogens is 238 g/mol. The average Bonchev–Trinajstić information content (AvgIpc) is 2.43. The Morgan fingerprint density at radius 1 is 1.21 bits per heavy atom. The van der Waals surface area contributed by atoms with Gasteiger partial charge < -0.3 is 10.5 Å². The Morgan fingerprint density at radius 2 is 1.89 bits per heavy atom. The number of ether oxygens (including phenoxy) is 1. The minimum atomic E-state index is 0.0264. The minimum absolute atomic E-state index is 0.0264. The molecule has 3 heteroatoms. The number of carbonyl (C=O) groups excluding carboxylic acids is 1. The Bertz CT molecular complexity index is 247. The summed E-state index contributed by atoms with van der Waals surface area (Å²) in [4.78, 5) is 12.0. The average molecular weight is 269 g/mol. The van der Waals surface area contributed by atoms with Gasteiger partial charge >= 0.3 is 5.97 Å². The van der Waals surface area contributed by atoms with Gasteiger partial charge in [-0.3, -0.25) is 4.79 Å². The highest BCUT2D eigenvalue weighted by Gasteiger charge is 2.27. The highest BCUT2D eigenvalue weighted by atomic mass is 16.5. The van der Waals surface area contributed by atoms with Crippen molar-refractivity contribution in [2.75, 3.05) is 6.54 Å². The van der Waals surface area contributed by atoms with Gasteiger partial charge in [0.15, 0.2) is 0 Å². The third-order valence-corrected chi connectivity index (χ3v) is 4.29. The molecule has 112 valence electrons. The van der Waals surface area contributed by atoms with Crippen LogP contribution in [-0.2, 0) is 9.53 Å². The molecule has 0 spiro atoms. The maximum Gasteiger partial charge on any atom is 0.309 e. The van der Waals surface area contributed by atoms with Crippen molar-refractivity contribution in [1.29, 1.82) is 0 Å². The molecule has 1 fully saturated rings. The number of rotatable bonds is 8. The summed E-state index contributed by atoms with van der Waals surface area (Å²) in [6, 6.07) is 0. The Kier molecular flexibility index (Phi) is 8.11. The lowest BCUT2D eigenvalue weighted by Gasteiger charge is -2.27. The first-order valence-corrected chi connectivity index (χ1v) is 8.07. The van der Waals surface area contributed by atoms with E-state index in [4.69, 9.17) is 10.5 Å². The molecule has 0 radical (unpaired) electrons. The molecule has 1 aliphatic rings. The largest absolute Gasteiger partial charge is 0.462 e. The van der Waals surface area contributed by atoms with Crippen LogP contribution in [0.3, 0.4) is 0 Å². The summed E-state index contributed by atoms with van der Waals surface area (Å²) in [6.45, 7) is 4.99. The number of unbranched alkanes of at least 4 members (excludes halogenated alkanes) is 3. The SMILES string of the molecule is CCCCCCC(C)OC(=O)C1CCC(CN)CC1.